The minimum Gasteiger partial charge on any atom is -0.356 e. The minimum atomic E-state index is -2.63. The normalized spacial score (nSPS) is 18.0. The summed E-state index contributed by atoms with van der Waals surface area (Å²) in [7, 11) is 0. The molecule has 3 heterocycles. The van der Waals surface area contributed by atoms with E-state index in [1.54, 1.807) is 23.2 Å². The van der Waals surface area contributed by atoms with Gasteiger partial charge in [0.25, 0.3) is 5.92 Å². The van der Waals surface area contributed by atoms with E-state index in [9.17, 15) is 13.6 Å². The number of carbonyl (C=O) groups excluding carboxylic acids is 1. The highest BCUT2D eigenvalue weighted by atomic mass is 35.5. The first-order valence-corrected chi connectivity index (χ1v) is 6.90. The van der Waals surface area contributed by atoms with Gasteiger partial charge in [0.05, 0.1) is 0 Å². The Balaban J connectivity index is 2.08. The van der Waals surface area contributed by atoms with Crippen LogP contribution in [0.4, 0.5) is 14.6 Å². The molecule has 3 rings (SSSR count). The monoisotopic (exact) mass is 311 g/mol. The Labute approximate surface area is 124 Å². The highest BCUT2D eigenvalue weighted by Crippen LogP contribution is 2.33. The van der Waals surface area contributed by atoms with Crippen molar-refractivity contribution in [1.29, 1.82) is 0 Å². The van der Waals surface area contributed by atoms with Crippen molar-refractivity contribution in [2.75, 3.05) is 18.0 Å². The van der Waals surface area contributed by atoms with E-state index in [1.807, 2.05) is 0 Å². The average Bonchev–Trinajstić information content (AvgIpc) is 2.46. The molecule has 2 aromatic rings. The molecule has 0 spiro atoms. The van der Waals surface area contributed by atoms with Crippen LogP contribution in [0.5, 0.6) is 0 Å². The molecule has 0 amide bonds. The second-order valence-electron chi connectivity index (χ2n) is 5.06. The summed E-state index contributed by atoms with van der Waals surface area (Å²) in [5.41, 5.74) is 0.249. The zero-order valence-electron chi connectivity index (χ0n) is 11.0. The topological polar surface area (TPSA) is 46.1 Å². The van der Waals surface area contributed by atoms with Crippen molar-refractivity contribution in [1.82, 2.24) is 9.97 Å². The van der Waals surface area contributed by atoms with E-state index in [0.29, 0.717) is 28.0 Å². The standard InChI is InChI=1S/C14H12ClF2N3O/c15-12-6-11-9(7-18-12)5-10(8-21)19-13(11)20-3-1-14(16,17)2-4-20/h5-8H,1-4H2. The van der Waals surface area contributed by atoms with Gasteiger partial charge in [0.2, 0.25) is 0 Å². The fourth-order valence-electron chi connectivity index (χ4n) is 2.47. The van der Waals surface area contributed by atoms with E-state index < -0.39 is 5.92 Å². The predicted octanol–water partition coefficient (Wildman–Crippen LogP) is 3.33. The second-order valence-corrected chi connectivity index (χ2v) is 5.45. The van der Waals surface area contributed by atoms with Crippen LogP contribution < -0.4 is 4.90 Å². The van der Waals surface area contributed by atoms with Crippen LogP contribution in [0.25, 0.3) is 10.8 Å². The molecule has 1 aliphatic heterocycles. The predicted molar refractivity (Wildman–Crippen MR) is 76.3 cm³/mol. The van der Waals surface area contributed by atoms with E-state index in [4.69, 9.17) is 11.6 Å². The third kappa shape index (κ3) is 2.81. The summed E-state index contributed by atoms with van der Waals surface area (Å²) in [5.74, 6) is -2.12. The third-order valence-electron chi connectivity index (χ3n) is 3.60. The van der Waals surface area contributed by atoms with Crippen LogP contribution >= 0.6 is 11.6 Å². The molecule has 4 nitrogen and oxygen atoms in total. The van der Waals surface area contributed by atoms with Crippen molar-refractivity contribution in [3.63, 3.8) is 0 Å². The second kappa shape index (κ2) is 5.18. The molecular weight excluding hydrogens is 300 g/mol. The molecule has 0 bridgehead atoms. The summed E-state index contributed by atoms with van der Waals surface area (Å²) >= 11 is 5.90. The van der Waals surface area contributed by atoms with Gasteiger partial charge in [-0.05, 0) is 12.1 Å². The van der Waals surface area contributed by atoms with Crippen LogP contribution in [0.2, 0.25) is 5.15 Å². The summed E-state index contributed by atoms with van der Waals surface area (Å²) in [6.45, 7) is 0.384. The summed E-state index contributed by atoms with van der Waals surface area (Å²) in [5, 5.41) is 1.72. The minimum absolute atomic E-state index is 0.192. The van der Waals surface area contributed by atoms with Gasteiger partial charge in [-0.25, -0.2) is 18.7 Å². The lowest BCUT2D eigenvalue weighted by molar-refractivity contribution is -0.0221. The quantitative estimate of drug-likeness (QED) is 0.630. The van der Waals surface area contributed by atoms with Crippen molar-refractivity contribution >= 4 is 34.5 Å². The number of pyridine rings is 2. The van der Waals surface area contributed by atoms with E-state index in [2.05, 4.69) is 9.97 Å². The molecule has 110 valence electrons. The smallest absolute Gasteiger partial charge is 0.251 e. The van der Waals surface area contributed by atoms with Gasteiger partial charge in [-0.1, -0.05) is 11.6 Å². The molecule has 1 aliphatic rings. The van der Waals surface area contributed by atoms with Crippen LogP contribution in [0.1, 0.15) is 23.3 Å². The molecular formula is C14H12ClF2N3O. The molecule has 0 atom stereocenters. The Morgan fingerprint density at radius 2 is 2.00 bits per heavy atom. The number of hydrogen-bond donors (Lipinski definition) is 0. The first-order chi connectivity index (χ1) is 9.98. The van der Waals surface area contributed by atoms with Crippen molar-refractivity contribution < 1.29 is 13.6 Å². The first kappa shape index (κ1) is 14.1. The Morgan fingerprint density at radius 1 is 1.29 bits per heavy atom. The fourth-order valence-corrected chi connectivity index (χ4v) is 2.63. The summed E-state index contributed by atoms with van der Waals surface area (Å²) in [6, 6.07) is 3.24. The number of nitrogens with zero attached hydrogens (tertiary/aromatic N) is 3. The molecule has 2 aromatic heterocycles. The van der Waals surface area contributed by atoms with Crippen molar-refractivity contribution in [3.05, 3.63) is 29.2 Å². The van der Waals surface area contributed by atoms with Crippen molar-refractivity contribution in [2.45, 2.75) is 18.8 Å². The third-order valence-corrected chi connectivity index (χ3v) is 3.80. The maximum atomic E-state index is 13.3. The van der Waals surface area contributed by atoms with E-state index in [-0.39, 0.29) is 31.6 Å². The van der Waals surface area contributed by atoms with Crippen LogP contribution in [0, 0.1) is 0 Å². The Kier molecular flexibility index (Phi) is 3.49. The SMILES string of the molecule is O=Cc1cc2cnc(Cl)cc2c(N2CCC(F)(F)CC2)n1. The van der Waals surface area contributed by atoms with Gasteiger partial charge in [-0.3, -0.25) is 4.79 Å². The maximum absolute atomic E-state index is 13.3. The number of fused-ring (bicyclic) bond motifs is 1. The highest BCUT2D eigenvalue weighted by molar-refractivity contribution is 6.30. The number of halogens is 3. The van der Waals surface area contributed by atoms with Gasteiger partial charge in [0, 0.05) is 42.9 Å². The van der Waals surface area contributed by atoms with Gasteiger partial charge in [0.15, 0.2) is 6.29 Å². The summed E-state index contributed by atoms with van der Waals surface area (Å²) in [4.78, 5) is 21.0. The number of aldehydes is 1. The molecule has 0 unspecified atom stereocenters. The molecule has 0 saturated carbocycles. The number of alkyl halides is 2. The van der Waals surface area contributed by atoms with Gasteiger partial charge < -0.3 is 4.90 Å². The number of piperidine rings is 1. The van der Waals surface area contributed by atoms with Crippen LogP contribution in [-0.2, 0) is 0 Å². The van der Waals surface area contributed by atoms with E-state index in [0.717, 1.165) is 0 Å². The molecule has 0 aliphatic carbocycles. The molecule has 1 saturated heterocycles. The number of aromatic nitrogens is 2. The molecule has 0 radical (unpaired) electrons. The zero-order chi connectivity index (χ0) is 15.0. The Hall–Kier alpha value is -1.82. The van der Waals surface area contributed by atoms with Gasteiger partial charge >= 0.3 is 0 Å². The number of hydrogen-bond acceptors (Lipinski definition) is 4. The van der Waals surface area contributed by atoms with Crippen molar-refractivity contribution in [3.8, 4) is 0 Å². The average molecular weight is 312 g/mol. The number of rotatable bonds is 2. The molecule has 1 fully saturated rings. The lowest BCUT2D eigenvalue weighted by Crippen LogP contribution is -2.40. The van der Waals surface area contributed by atoms with E-state index >= 15 is 0 Å². The van der Waals surface area contributed by atoms with Gasteiger partial charge in [-0.2, -0.15) is 0 Å². The number of carbonyl (C=O) groups is 1. The fraction of sp³-hybridized carbons (Fsp3) is 0.357. The molecule has 0 N–H and O–H groups in total. The number of anilines is 1. The van der Waals surface area contributed by atoms with Gasteiger partial charge in [-0.15, -0.1) is 0 Å². The maximum Gasteiger partial charge on any atom is 0.251 e. The highest BCUT2D eigenvalue weighted by Gasteiger charge is 2.34. The van der Waals surface area contributed by atoms with Crippen LogP contribution in [0.3, 0.4) is 0 Å². The molecule has 7 heteroatoms. The summed E-state index contributed by atoms with van der Waals surface area (Å²) < 4.78 is 26.6. The first-order valence-electron chi connectivity index (χ1n) is 6.53. The molecule has 0 aromatic carbocycles. The van der Waals surface area contributed by atoms with Crippen molar-refractivity contribution in [2.24, 2.45) is 0 Å². The van der Waals surface area contributed by atoms with Gasteiger partial charge in [0.1, 0.15) is 16.7 Å². The lowest BCUT2D eigenvalue weighted by Gasteiger charge is -2.33. The van der Waals surface area contributed by atoms with E-state index in [1.165, 1.54) is 0 Å². The lowest BCUT2D eigenvalue weighted by atomic mass is 10.1. The summed E-state index contributed by atoms with van der Waals surface area (Å²) in [6.07, 6.45) is 1.74. The van der Waals surface area contributed by atoms with Crippen LogP contribution in [-0.4, -0.2) is 35.3 Å². The zero-order valence-corrected chi connectivity index (χ0v) is 11.8. The van der Waals surface area contributed by atoms with Crippen LogP contribution in [0.15, 0.2) is 18.3 Å². The largest absolute Gasteiger partial charge is 0.356 e. The molecule has 21 heavy (non-hydrogen) atoms. The Morgan fingerprint density at radius 3 is 2.67 bits per heavy atom. The Bertz CT molecular complexity index is 698.